The van der Waals surface area contributed by atoms with Gasteiger partial charge in [-0.2, -0.15) is 0 Å². The predicted molar refractivity (Wildman–Crippen MR) is 150 cm³/mol. The fraction of sp³-hybridized carbons (Fsp3) is 0.520. The SMILES string of the molecule is CO[C@@H]1CCCN(Cc2sc(NC(=O)C3=CN=C(N4CCC(C(=O)O)CC4)CN3)nc2-c2cc(Cl)cs2)C1. The van der Waals surface area contributed by atoms with Crippen molar-refractivity contribution in [1.82, 2.24) is 20.1 Å². The largest absolute Gasteiger partial charge is 0.481 e. The fourth-order valence-electron chi connectivity index (χ4n) is 4.98. The molecule has 0 spiro atoms. The van der Waals surface area contributed by atoms with Crippen molar-refractivity contribution in [2.75, 3.05) is 45.2 Å². The van der Waals surface area contributed by atoms with E-state index in [9.17, 15) is 14.7 Å². The number of carboxylic acids is 1. The highest BCUT2D eigenvalue weighted by molar-refractivity contribution is 7.17. The molecule has 0 bridgehead atoms. The lowest BCUT2D eigenvalue weighted by molar-refractivity contribution is -0.143. The zero-order valence-corrected chi connectivity index (χ0v) is 23.5. The van der Waals surface area contributed by atoms with E-state index in [0.717, 1.165) is 53.8 Å². The monoisotopic (exact) mass is 578 g/mol. The van der Waals surface area contributed by atoms with Crippen LogP contribution in [0.3, 0.4) is 0 Å². The summed E-state index contributed by atoms with van der Waals surface area (Å²) in [5, 5.41) is 18.4. The van der Waals surface area contributed by atoms with Gasteiger partial charge in [-0.05, 0) is 38.3 Å². The molecule has 5 rings (SSSR count). The molecule has 0 unspecified atom stereocenters. The number of halogens is 1. The molecule has 2 saturated heterocycles. The minimum absolute atomic E-state index is 0.230. The molecule has 0 radical (unpaired) electrons. The van der Waals surface area contributed by atoms with Gasteiger partial charge in [-0.3, -0.25) is 19.8 Å². The minimum atomic E-state index is -0.738. The first-order valence-corrected chi connectivity index (χ1v) is 14.8. The molecule has 1 amide bonds. The molecular formula is C25H31ClN6O4S2. The Morgan fingerprint density at radius 3 is 2.76 bits per heavy atom. The first kappa shape index (κ1) is 27.1. The fourth-order valence-corrected chi connectivity index (χ4v) is 7.15. The summed E-state index contributed by atoms with van der Waals surface area (Å²) < 4.78 is 5.59. The number of aliphatic carboxylic acids is 1. The number of hydrogen-bond donors (Lipinski definition) is 3. The second kappa shape index (κ2) is 12.1. The summed E-state index contributed by atoms with van der Waals surface area (Å²) in [5.41, 5.74) is 1.21. The molecule has 3 N–H and O–H groups in total. The van der Waals surface area contributed by atoms with Gasteiger partial charge in [-0.15, -0.1) is 11.3 Å². The Labute approximate surface area is 234 Å². The third-order valence-corrected chi connectivity index (χ3v) is 9.36. The van der Waals surface area contributed by atoms with Gasteiger partial charge in [0.2, 0.25) is 0 Å². The molecular weight excluding hydrogens is 548 g/mol. The lowest BCUT2D eigenvalue weighted by atomic mass is 9.97. The van der Waals surface area contributed by atoms with Crippen LogP contribution < -0.4 is 10.6 Å². The van der Waals surface area contributed by atoms with Crippen LogP contribution in [0.2, 0.25) is 5.02 Å². The molecule has 3 aliphatic rings. The number of carbonyl (C=O) groups is 2. The lowest BCUT2D eigenvalue weighted by Crippen LogP contribution is -2.46. The number of amides is 1. The Balaban J connectivity index is 1.27. The molecule has 2 fully saturated rings. The van der Waals surface area contributed by atoms with E-state index < -0.39 is 5.97 Å². The second-order valence-corrected chi connectivity index (χ2v) is 12.1. The minimum Gasteiger partial charge on any atom is -0.481 e. The van der Waals surface area contributed by atoms with Crippen LogP contribution in [0.4, 0.5) is 5.13 Å². The van der Waals surface area contributed by atoms with Gasteiger partial charge < -0.3 is 20.1 Å². The van der Waals surface area contributed by atoms with Gasteiger partial charge in [-0.25, -0.2) is 9.98 Å². The summed E-state index contributed by atoms with van der Waals surface area (Å²) in [6.45, 7) is 4.29. The first-order valence-electron chi connectivity index (χ1n) is 12.7. The van der Waals surface area contributed by atoms with Crippen molar-refractivity contribution < 1.29 is 19.4 Å². The van der Waals surface area contributed by atoms with E-state index in [2.05, 4.69) is 25.4 Å². The molecule has 0 saturated carbocycles. The number of carbonyl (C=O) groups excluding carboxylic acids is 1. The molecule has 3 aliphatic heterocycles. The van der Waals surface area contributed by atoms with E-state index in [0.29, 0.717) is 48.3 Å². The number of thiophene rings is 1. The third kappa shape index (κ3) is 6.37. The number of amidine groups is 1. The number of nitrogens with zero attached hydrogens (tertiary/aromatic N) is 4. The smallest absolute Gasteiger partial charge is 0.306 e. The molecule has 10 nitrogen and oxygen atoms in total. The van der Waals surface area contributed by atoms with Gasteiger partial charge in [0, 0.05) is 43.5 Å². The van der Waals surface area contributed by atoms with Crippen LogP contribution >= 0.6 is 34.3 Å². The molecule has 13 heteroatoms. The van der Waals surface area contributed by atoms with Crippen LogP contribution in [-0.4, -0.2) is 83.5 Å². The van der Waals surface area contributed by atoms with Crippen LogP contribution in [0.1, 0.15) is 30.6 Å². The third-order valence-electron chi connectivity index (χ3n) is 7.11. The number of likely N-dealkylation sites (tertiary alicyclic amines) is 2. The normalized spacial score (nSPS) is 21.0. The summed E-state index contributed by atoms with van der Waals surface area (Å²) in [6, 6.07) is 1.91. The topological polar surface area (TPSA) is 119 Å². The number of carboxylic acid groups (broad SMARTS) is 1. The van der Waals surface area contributed by atoms with Crippen molar-refractivity contribution in [3.05, 3.63) is 33.2 Å². The highest BCUT2D eigenvalue weighted by Gasteiger charge is 2.28. The van der Waals surface area contributed by atoms with Crippen LogP contribution in [0.5, 0.6) is 0 Å². The summed E-state index contributed by atoms with van der Waals surface area (Å²) in [5.74, 6) is -0.520. The highest BCUT2D eigenvalue weighted by atomic mass is 35.5. The summed E-state index contributed by atoms with van der Waals surface area (Å²) >= 11 is 9.22. The maximum absolute atomic E-state index is 13.0. The van der Waals surface area contributed by atoms with Gasteiger partial charge >= 0.3 is 5.97 Å². The van der Waals surface area contributed by atoms with Gasteiger partial charge in [0.25, 0.3) is 5.91 Å². The number of nitrogens with one attached hydrogen (secondary N) is 2. The number of thiazole rings is 1. The van der Waals surface area contributed by atoms with Crippen molar-refractivity contribution in [3.8, 4) is 10.6 Å². The molecule has 38 heavy (non-hydrogen) atoms. The number of anilines is 1. The number of aliphatic imine (C=N–C) groups is 1. The Hall–Kier alpha value is -2.51. The van der Waals surface area contributed by atoms with Crippen molar-refractivity contribution in [2.24, 2.45) is 10.9 Å². The standard InChI is InChI=1S/C25H31ClN6O4S2/c1-36-17-3-2-6-31(12-17)13-20-22(19-9-16(26)14-37-19)29-25(38-20)30-23(33)18-10-28-21(11-27-18)32-7-4-15(5-8-32)24(34)35/h9-10,14-15,17,27H,2-8,11-13H2,1H3,(H,34,35)(H,29,30,33)/t17-/m1/s1. The summed E-state index contributed by atoms with van der Waals surface area (Å²) in [6.07, 6.45) is 5.11. The predicted octanol–water partition coefficient (Wildman–Crippen LogP) is 3.71. The van der Waals surface area contributed by atoms with Gasteiger partial charge in [0.15, 0.2) is 5.13 Å². The van der Waals surface area contributed by atoms with Crippen LogP contribution in [0, 0.1) is 5.92 Å². The van der Waals surface area contributed by atoms with Crippen LogP contribution in [0.25, 0.3) is 10.6 Å². The van der Waals surface area contributed by atoms with E-state index in [1.54, 1.807) is 7.11 Å². The highest BCUT2D eigenvalue weighted by Crippen LogP contribution is 2.37. The van der Waals surface area contributed by atoms with Crippen molar-refractivity contribution in [1.29, 1.82) is 0 Å². The quantitative estimate of drug-likeness (QED) is 0.455. The van der Waals surface area contributed by atoms with Gasteiger partial charge in [0.1, 0.15) is 11.5 Å². The molecule has 5 heterocycles. The van der Waals surface area contributed by atoms with Gasteiger partial charge in [0.05, 0.1) is 40.4 Å². The number of methoxy groups -OCH3 is 1. The summed E-state index contributed by atoms with van der Waals surface area (Å²) in [7, 11) is 1.76. The van der Waals surface area contributed by atoms with Crippen LogP contribution in [0.15, 0.2) is 28.3 Å². The average Bonchev–Trinajstić information content (AvgIpc) is 3.54. The Bertz CT molecular complexity index is 1240. The van der Waals surface area contributed by atoms with E-state index in [1.807, 2.05) is 11.4 Å². The first-order chi connectivity index (χ1) is 18.4. The number of rotatable bonds is 7. The number of hydrogen-bond acceptors (Lipinski definition) is 10. The van der Waals surface area contributed by atoms with E-state index in [-0.39, 0.29) is 17.9 Å². The number of piperidine rings is 2. The number of aromatic nitrogens is 1. The van der Waals surface area contributed by atoms with Crippen molar-refractivity contribution in [3.63, 3.8) is 0 Å². The van der Waals surface area contributed by atoms with Gasteiger partial charge in [-0.1, -0.05) is 22.9 Å². The molecule has 0 aromatic carbocycles. The average molecular weight is 579 g/mol. The maximum atomic E-state index is 13.0. The number of ether oxygens (including phenoxy) is 1. The molecule has 0 aliphatic carbocycles. The van der Waals surface area contributed by atoms with Crippen molar-refractivity contribution >= 4 is 57.1 Å². The summed E-state index contributed by atoms with van der Waals surface area (Å²) in [4.78, 5) is 40.0. The van der Waals surface area contributed by atoms with E-state index >= 15 is 0 Å². The Morgan fingerprint density at radius 1 is 1.29 bits per heavy atom. The molecule has 2 aromatic rings. The van der Waals surface area contributed by atoms with Crippen LogP contribution in [-0.2, 0) is 20.9 Å². The zero-order chi connectivity index (χ0) is 26.6. The zero-order valence-electron chi connectivity index (χ0n) is 21.1. The lowest BCUT2D eigenvalue weighted by Gasteiger charge is -2.33. The molecule has 1 atom stereocenters. The van der Waals surface area contributed by atoms with E-state index in [1.165, 1.54) is 28.9 Å². The second-order valence-electron chi connectivity index (χ2n) is 9.65. The Kier molecular flexibility index (Phi) is 8.64. The molecule has 2 aromatic heterocycles. The maximum Gasteiger partial charge on any atom is 0.306 e. The van der Waals surface area contributed by atoms with Crippen molar-refractivity contribution in [2.45, 2.75) is 38.3 Å². The molecule has 204 valence electrons. The van der Waals surface area contributed by atoms with E-state index in [4.69, 9.17) is 21.3 Å². The Morgan fingerprint density at radius 2 is 2.11 bits per heavy atom.